The van der Waals surface area contributed by atoms with Gasteiger partial charge in [0, 0.05) is 43.1 Å². The van der Waals surface area contributed by atoms with Crippen molar-refractivity contribution in [2.24, 2.45) is 5.73 Å². The molecule has 0 spiro atoms. The van der Waals surface area contributed by atoms with Gasteiger partial charge in [0.2, 0.25) is 0 Å². The number of hydrogen-bond donors (Lipinski definition) is 1. The maximum atomic E-state index is 9.62. The summed E-state index contributed by atoms with van der Waals surface area (Å²) >= 11 is 0. The zero-order chi connectivity index (χ0) is 22.2. The molecule has 0 amide bonds. The van der Waals surface area contributed by atoms with Crippen molar-refractivity contribution in [3.8, 4) is 17.6 Å². The van der Waals surface area contributed by atoms with Gasteiger partial charge in [-0.2, -0.15) is 5.26 Å². The van der Waals surface area contributed by atoms with Crippen LogP contribution in [0.1, 0.15) is 53.8 Å². The maximum absolute atomic E-state index is 9.62. The van der Waals surface area contributed by atoms with Crippen molar-refractivity contribution in [2.45, 2.75) is 57.8 Å². The highest BCUT2D eigenvalue weighted by atomic mass is 16.5. The first-order valence-electron chi connectivity index (χ1n) is 11.3. The van der Waals surface area contributed by atoms with Crippen LogP contribution in [0.15, 0.2) is 48.9 Å². The van der Waals surface area contributed by atoms with Crippen molar-refractivity contribution < 1.29 is 4.74 Å². The van der Waals surface area contributed by atoms with Crippen LogP contribution in [0.5, 0.6) is 11.5 Å². The Bertz CT molecular complexity index is 1180. The van der Waals surface area contributed by atoms with E-state index in [1.54, 1.807) is 0 Å². The number of hydrogen-bond acceptors (Lipinski definition) is 5. The van der Waals surface area contributed by atoms with E-state index in [1.807, 2.05) is 43.7 Å². The molecule has 1 aromatic heterocycles. The minimum atomic E-state index is 0.264. The smallest absolute Gasteiger partial charge is 0.145 e. The van der Waals surface area contributed by atoms with Crippen LogP contribution in [-0.2, 0) is 13.0 Å². The van der Waals surface area contributed by atoms with E-state index >= 15 is 0 Å². The number of ether oxygens (including phenoxy) is 1. The summed E-state index contributed by atoms with van der Waals surface area (Å²) in [5, 5.41) is 9.62. The van der Waals surface area contributed by atoms with Gasteiger partial charge in [0.1, 0.15) is 17.6 Å². The molecule has 2 heterocycles. The molecule has 0 bridgehead atoms. The summed E-state index contributed by atoms with van der Waals surface area (Å²) in [6.45, 7) is 5.89. The van der Waals surface area contributed by atoms with Crippen LogP contribution < -0.4 is 10.5 Å². The zero-order valence-corrected chi connectivity index (χ0v) is 18.7. The first-order chi connectivity index (χ1) is 15.5. The molecule has 32 heavy (non-hydrogen) atoms. The fourth-order valence-corrected chi connectivity index (χ4v) is 4.96. The molecule has 2 aromatic carbocycles. The molecule has 1 fully saturated rings. The number of fused-ring (bicyclic) bond motifs is 1. The molecular formula is C26H29N5O. The number of nitriles is 1. The average Bonchev–Trinajstić information content (AvgIpc) is 3.21. The summed E-state index contributed by atoms with van der Waals surface area (Å²) in [5.74, 6) is 1.37. The monoisotopic (exact) mass is 427 g/mol. The highest BCUT2D eigenvalue weighted by Gasteiger charge is 2.39. The molecule has 1 aliphatic carbocycles. The van der Waals surface area contributed by atoms with Crippen LogP contribution in [0.2, 0.25) is 0 Å². The predicted octanol–water partition coefficient (Wildman–Crippen LogP) is 4.31. The van der Waals surface area contributed by atoms with Gasteiger partial charge < -0.3 is 15.0 Å². The van der Waals surface area contributed by atoms with E-state index in [1.165, 1.54) is 17.5 Å². The van der Waals surface area contributed by atoms with Gasteiger partial charge in [0.05, 0.1) is 11.9 Å². The standard InChI is InChI=1S/C26H29N5O/c1-17-13-29-16-30(17)14-19-6-7-21(12-27)26(10-19)32-22-9-8-20-4-3-5-25(23(20)11-22)31-15-24(28)18(31)2/h6-11,13,16,18,24-25H,3-5,14-15,28H2,1-2H3. The first-order valence-corrected chi connectivity index (χ1v) is 11.3. The number of nitrogens with zero attached hydrogens (tertiary/aromatic N) is 4. The fraction of sp³-hybridized carbons (Fsp3) is 0.385. The summed E-state index contributed by atoms with van der Waals surface area (Å²) in [6, 6.07) is 15.5. The van der Waals surface area contributed by atoms with Gasteiger partial charge in [-0.25, -0.2) is 4.98 Å². The predicted molar refractivity (Wildman–Crippen MR) is 124 cm³/mol. The summed E-state index contributed by atoms with van der Waals surface area (Å²) < 4.78 is 8.37. The van der Waals surface area contributed by atoms with Gasteiger partial charge in [-0.15, -0.1) is 0 Å². The lowest BCUT2D eigenvalue weighted by molar-refractivity contribution is 0.0211. The first kappa shape index (κ1) is 20.7. The Morgan fingerprint density at radius 3 is 2.84 bits per heavy atom. The Kier molecular flexibility index (Phi) is 5.46. The molecule has 0 saturated carbocycles. The SMILES string of the molecule is Cc1cncn1Cc1ccc(C#N)c(Oc2ccc3c(c2)C(N2CC(N)C2C)CCC3)c1. The molecule has 6 nitrogen and oxygen atoms in total. The van der Waals surface area contributed by atoms with Crippen molar-refractivity contribution in [3.05, 3.63) is 76.9 Å². The van der Waals surface area contributed by atoms with Gasteiger partial charge in [-0.3, -0.25) is 4.90 Å². The molecule has 3 aromatic rings. The van der Waals surface area contributed by atoms with Crippen LogP contribution in [0, 0.1) is 18.3 Å². The van der Waals surface area contributed by atoms with Crippen LogP contribution >= 0.6 is 0 Å². The summed E-state index contributed by atoms with van der Waals surface area (Å²) in [5.41, 5.74) is 11.6. The lowest BCUT2D eigenvalue weighted by Gasteiger charge is -2.50. The third-order valence-corrected chi connectivity index (χ3v) is 7.03. The van der Waals surface area contributed by atoms with E-state index in [0.29, 0.717) is 29.9 Å². The van der Waals surface area contributed by atoms with Crippen molar-refractivity contribution >= 4 is 0 Å². The Morgan fingerprint density at radius 2 is 2.12 bits per heavy atom. The minimum absolute atomic E-state index is 0.264. The van der Waals surface area contributed by atoms with E-state index in [0.717, 1.165) is 36.4 Å². The van der Waals surface area contributed by atoms with Gasteiger partial charge in [0.15, 0.2) is 0 Å². The van der Waals surface area contributed by atoms with Gasteiger partial charge in [-0.05, 0) is 74.1 Å². The number of rotatable bonds is 5. The second-order valence-corrected chi connectivity index (χ2v) is 9.08. The van der Waals surface area contributed by atoms with Crippen LogP contribution in [-0.4, -0.2) is 33.1 Å². The quantitative estimate of drug-likeness (QED) is 0.656. The molecular weight excluding hydrogens is 398 g/mol. The zero-order valence-electron chi connectivity index (χ0n) is 18.7. The Hall–Kier alpha value is -3.14. The second-order valence-electron chi connectivity index (χ2n) is 9.08. The molecule has 5 rings (SSSR count). The van der Waals surface area contributed by atoms with Crippen LogP contribution in [0.4, 0.5) is 0 Å². The molecule has 2 N–H and O–H groups in total. The Balaban J connectivity index is 1.42. The number of nitrogens with two attached hydrogens (primary N) is 1. The topological polar surface area (TPSA) is 80.1 Å². The van der Waals surface area contributed by atoms with Crippen LogP contribution in [0.3, 0.4) is 0 Å². The molecule has 6 heteroatoms. The van der Waals surface area contributed by atoms with E-state index in [-0.39, 0.29) is 6.04 Å². The molecule has 0 radical (unpaired) electrons. The number of likely N-dealkylation sites (tertiary alicyclic amines) is 1. The highest BCUT2D eigenvalue weighted by molar-refractivity contribution is 5.49. The highest BCUT2D eigenvalue weighted by Crippen LogP contribution is 2.41. The van der Waals surface area contributed by atoms with E-state index in [2.05, 4.69) is 39.6 Å². The van der Waals surface area contributed by atoms with Gasteiger partial charge >= 0.3 is 0 Å². The Labute approximate surface area is 189 Å². The molecule has 3 atom stereocenters. The molecule has 3 unspecified atom stereocenters. The number of aryl methyl sites for hydroxylation is 2. The van der Waals surface area contributed by atoms with E-state index in [4.69, 9.17) is 10.5 Å². The van der Waals surface area contributed by atoms with Gasteiger partial charge in [0.25, 0.3) is 0 Å². The molecule has 1 aliphatic heterocycles. The molecule has 164 valence electrons. The average molecular weight is 428 g/mol. The van der Waals surface area contributed by atoms with Crippen LogP contribution in [0.25, 0.3) is 0 Å². The Morgan fingerprint density at radius 1 is 1.25 bits per heavy atom. The summed E-state index contributed by atoms with van der Waals surface area (Å²) in [6.07, 6.45) is 7.11. The molecule has 1 saturated heterocycles. The minimum Gasteiger partial charge on any atom is -0.456 e. The maximum Gasteiger partial charge on any atom is 0.145 e. The lowest BCUT2D eigenvalue weighted by atomic mass is 9.83. The molecule has 2 aliphatic rings. The van der Waals surface area contributed by atoms with Crippen molar-refractivity contribution in [2.75, 3.05) is 6.54 Å². The second kappa shape index (κ2) is 8.42. The third-order valence-electron chi connectivity index (χ3n) is 7.03. The number of aromatic nitrogens is 2. The fourth-order valence-electron chi connectivity index (χ4n) is 4.96. The number of benzene rings is 2. The van der Waals surface area contributed by atoms with E-state index < -0.39 is 0 Å². The normalized spacial score (nSPS) is 22.6. The van der Waals surface area contributed by atoms with Crippen molar-refractivity contribution in [3.63, 3.8) is 0 Å². The summed E-state index contributed by atoms with van der Waals surface area (Å²) in [7, 11) is 0. The van der Waals surface area contributed by atoms with Crippen molar-refractivity contribution in [1.29, 1.82) is 5.26 Å². The third kappa shape index (κ3) is 3.79. The largest absolute Gasteiger partial charge is 0.456 e. The van der Waals surface area contributed by atoms with E-state index in [9.17, 15) is 5.26 Å². The van der Waals surface area contributed by atoms with Gasteiger partial charge in [-0.1, -0.05) is 12.1 Å². The summed E-state index contributed by atoms with van der Waals surface area (Å²) in [4.78, 5) is 6.71. The lowest BCUT2D eigenvalue weighted by Crippen LogP contribution is -2.63. The van der Waals surface area contributed by atoms with Crippen molar-refractivity contribution in [1.82, 2.24) is 14.5 Å². The number of imidazole rings is 1.